The summed E-state index contributed by atoms with van der Waals surface area (Å²) in [6, 6.07) is 12.0. The van der Waals surface area contributed by atoms with E-state index >= 15 is 0 Å². The molecular formula is C24H29ClN2O4S. The smallest absolute Gasteiger partial charge is 0.243 e. The average molecular weight is 477 g/mol. The summed E-state index contributed by atoms with van der Waals surface area (Å²) < 4.78 is 33.7. The third kappa shape index (κ3) is 4.80. The van der Waals surface area contributed by atoms with Crippen LogP contribution >= 0.6 is 11.6 Å². The first-order chi connectivity index (χ1) is 15.0. The second-order valence-electron chi connectivity index (χ2n) is 9.32. The van der Waals surface area contributed by atoms with Gasteiger partial charge in [0.15, 0.2) is 0 Å². The molecule has 0 spiro atoms. The number of ether oxygens (including phenoxy) is 1. The lowest BCUT2D eigenvalue weighted by molar-refractivity contribution is -0.127. The van der Waals surface area contributed by atoms with Crippen LogP contribution in [0.4, 0.5) is 0 Å². The number of carbonyl (C=O) groups is 1. The number of rotatable bonds is 4. The molecule has 32 heavy (non-hydrogen) atoms. The van der Waals surface area contributed by atoms with Crippen molar-refractivity contribution in [2.24, 2.45) is 5.92 Å². The normalized spacial score (nSPS) is 23.1. The van der Waals surface area contributed by atoms with Gasteiger partial charge in [-0.05, 0) is 63.9 Å². The van der Waals surface area contributed by atoms with Crippen LogP contribution in [0.5, 0.6) is 5.75 Å². The fourth-order valence-electron chi connectivity index (χ4n) is 4.52. The Morgan fingerprint density at radius 2 is 1.91 bits per heavy atom. The molecule has 1 saturated heterocycles. The van der Waals surface area contributed by atoms with E-state index in [1.807, 2.05) is 39.0 Å². The molecule has 2 heterocycles. The van der Waals surface area contributed by atoms with Crippen molar-refractivity contribution in [2.45, 2.75) is 56.6 Å². The zero-order chi connectivity index (χ0) is 23.1. The van der Waals surface area contributed by atoms with Gasteiger partial charge in [-0.3, -0.25) is 4.79 Å². The molecule has 2 unspecified atom stereocenters. The van der Waals surface area contributed by atoms with Gasteiger partial charge < -0.3 is 10.1 Å². The summed E-state index contributed by atoms with van der Waals surface area (Å²) in [5, 5.41) is 3.67. The Hall–Kier alpha value is -2.09. The number of aryl methyl sites for hydroxylation is 1. The van der Waals surface area contributed by atoms with E-state index in [4.69, 9.17) is 16.3 Å². The molecule has 1 N–H and O–H groups in total. The summed E-state index contributed by atoms with van der Waals surface area (Å²) in [5.74, 6) is 0.272. The maximum atomic E-state index is 13.2. The van der Waals surface area contributed by atoms with Crippen LogP contribution in [0, 0.1) is 12.8 Å². The number of hydrogen-bond acceptors (Lipinski definition) is 4. The topological polar surface area (TPSA) is 75.7 Å². The first-order valence-electron chi connectivity index (χ1n) is 10.9. The molecule has 2 aromatic rings. The lowest BCUT2D eigenvalue weighted by Crippen LogP contribution is -2.48. The maximum absolute atomic E-state index is 13.2. The van der Waals surface area contributed by atoms with Gasteiger partial charge in [-0.2, -0.15) is 4.31 Å². The van der Waals surface area contributed by atoms with E-state index < -0.39 is 21.5 Å². The van der Waals surface area contributed by atoms with Crippen LogP contribution in [-0.4, -0.2) is 37.3 Å². The van der Waals surface area contributed by atoms with Crippen molar-refractivity contribution in [3.8, 4) is 5.75 Å². The van der Waals surface area contributed by atoms with Gasteiger partial charge in [0.1, 0.15) is 11.4 Å². The summed E-state index contributed by atoms with van der Waals surface area (Å²) in [6.45, 7) is 6.61. The molecule has 0 radical (unpaired) electrons. The minimum absolute atomic E-state index is 0.115. The van der Waals surface area contributed by atoms with Crippen molar-refractivity contribution < 1.29 is 17.9 Å². The molecule has 2 aromatic carbocycles. The number of halogens is 1. The number of nitrogens with zero attached hydrogens (tertiary/aromatic N) is 1. The van der Waals surface area contributed by atoms with Crippen molar-refractivity contribution in [3.05, 3.63) is 58.6 Å². The number of carbonyl (C=O) groups excluding carboxylic acids is 1. The summed E-state index contributed by atoms with van der Waals surface area (Å²) in [4.78, 5) is 13.4. The van der Waals surface area contributed by atoms with E-state index in [-0.39, 0.29) is 23.4 Å². The summed E-state index contributed by atoms with van der Waals surface area (Å²) >= 11 is 5.90. The highest BCUT2D eigenvalue weighted by atomic mass is 35.5. The van der Waals surface area contributed by atoms with Gasteiger partial charge in [0, 0.05) is 30.1 Å². The Morgan fingerprint density at radius 1 is 1.19 bits per heavy atom. The van der Waals surface area contributed by atoms with Crippen molar-refractivity contribution in [3.63, 3.8) is 0 Å². The molecule has 0 aromatic heterocycles. The number of amides is 1. The first kappa shape index (κ1) is 23.1. The van der Waals surface area contributed by atoms with Gasteiger partial charge in [0.25, 0.3) is 0 Å². The predicted octanol–water partition coefficient (Wildman–Crippen LogP) is 4.47. The molecule has 172 valence electrons. The number of piperidine rings is 1. The fourth-order valence-corrected chi connectivity index (χ4v) is 6.17. The lowest BCUT2D eigenvalue weighted by atomic mass is 9.88. The molecule has 0 bridgehead atoms. The number of nitrogens with one attached hydrogen (secondary N) is 1. The van der Waals surface area contributed by atoms with Gasteiger partial charge in [-0.15, -0.1) is 0 Å². The number of sulfonamides is 1. The van der Waals surface area contributed by atoms with Gasteiger partial charge in [-0.1, -0.05) is 29.3 Å². The molecule has 6 nitrogen and oxygen atoms in total. The van der Waals surface area contributed by atoms with Crippen LogP contribution < -0.4 is 10.1 Å². The molecular weight excluding hydrogens is 448 g/mol. The van der Waals surface area contributed by atoms with Crippen molar-refractivity contribution >= 4 is 27.5 Å². The highest BCUT2D eigenvalue weighted by Gasteiger charge is 2.38. The van der Waals surface area contributed by atoms with E-state index in [1.54, 1.807) is 12.1 Å². The van der Waals surface area contributed by atoms with E-state index in [2.05, 4.69) is 5.32 Å². The number of hydrogen-bond donors (Lipinski definition) is 1. The second kappa shape index (κ2) is 8.69. The molecule has 2 aliphatic rings. The minimum atomic E-state index is -3.68. The van der Waals surface area contributed by atoms with Crippen LogP contribution in [0.2, 0.25) is 5.02 Å². The standard InChI is InChI=1S/C24H29ClN2O4S/c1-16-6-11-22-20(13-16)21(14-24(2,3)31-22)26-23(28)17-5-4-12-27(15-17)32(29,30)19-9-7-18(25)8-10-19/h6-11,13,17,21H,4-5,12,14-15H2,1-3H3,(H,26,28). The van der Waals surface area contributed by atoms with Crippen molar-refractivity contribution in [1.82, 2.24) is 9.62 Å². The number of fused-ring (bicyclic) bond motifs is 1. The highest BCUT2D eigenvalue weighted by Crippen LogP contribution is 2.40. The molecule has 2 atom stereocenters. The monoisotopic (exact) mass is 476 g/mol. The SMILES string of the molecule is Cc1ccc2c(c1)C(NC(=O)C1CCCN(S(=O)(=O)c3ccc(Cl)cc3)C1)CC(C)(C)O2. The van der Waals surface area contributed by atoms with Crippen LogP contribution in [0.15, 0.2) is 47.4 Å². The van der Waals surface area contributed by atoms with Crippen molar-refractivity contribution in [2.75, 3.05) is 13.1 Å². The maximum Gasteiger partial charge on any atom is 0.243 e. The van der Waals surface area contributed by atoms with Gasteiger partial charge in [0.05, 0.1) is 16.9 Å². The predicted molar refractivity (Wildman–Crippen MR) is 124 cm³/mol. The molecule has 1 amide bonds. The van der Waals surface area contributed by atoms with E-state index in [0.717, 1.165) is 16.9 Å². The number of benzene rings is 2. The quantitative estimate of drug-likeness (QED) is 0.706. The Labute approximate surface area is 195 Å². The third-order valence-electron chi connectivity index (χ3n) is 6.15. The zero-order valence-corrected chi connectivity index (χ0v) is 20.2. The Bertz CT molecular complexity index is 1120. The highest BCUT2D eigenvalue weighted by molar-refractivity contribution is 7.89. The van der Waals surface area contributed by atoms with Gasteiger partial charge in [0.2, 0.25) is 15.9 Å². The molecule has 0 saturated carbocycles. The fraction of sp³-hybridized carbons (Fsp3) is 0.458. The van der Waals surface area contributed by atoms with Gasteiger partial charge in [-0.25, -0.2) is 8.42 Å². The molecule has 0 aliphatic carbocycles. The van der Waals surface area contributed by atoms with Crippen LogP contribution in [0.3, 0.4) is 0 Å². The average Bonchev–Trinajstić information content (AvgIpc) is 2.74. The van der Waals surface area contributed by atoms with Gasteiger partial charge >= 0.3 is 0 Å². The Kier molecular flexibility index (Phi) is 6.27. The largest absolute Gasteiger partial charge is 0.487 e. The summed E-state index contributed by atoms with van der Waals surface area (Å²) in [7, 11) is -3.68. The van der Waals surface area contributed by atoms with E-state index in [0.29, 0.717) is 30.8 Å². The minimum Gasteiger partial charge on any atom is -0.487 e. The van der Waals surface area contributed by atoms with Crippen molar-refractivity contribution in [1.29, 1.82) is 0 Å². The van der Waals surface area contributed by atoms with Crippen LogP contribution in [0.25, 0.3) is 0 Å². The molecule has 1 fully saturated rings. The second-order valence-corrected chi connectivity index (χ2v) is 11.7. The Morgan fingerprint density at radius 3 is 2.62 bits per heavy atom. The van der Waals surface area contributed by atoms with Crippen LogP contribution in [-0.2, 0) is 14.8 Å². The summed E-state index contributed by atoms with van der Waals surface area (Å²) in [5.41, 5.74) is 1.67. The molecule has 4 rings (SSSR count). The molecule has 2 aliphatic heterocycles. The third-order valence-corrected chi connectivity index (χ3v) is 8.28. The zero-order valence-electron chi connectivity index (χ0n) is 18.6. The molecule has 8 heteroatoms. The lowest BCUT2D eigenvalue weighted by Gasteiger charge is -2.39. The Balaban J connectivity index is 1.51. The van der Waals surface area contributed by atoms with Crippen LogP contribution in [0.1, 0.15) is 50.3 Å². The van der Waals surface area contributed by atoms with E-state index in [9.17, 15) is 13.2 Å². The van der Waals surface area contributed by atoms with E-state index in [1.165, 1.54) is 16.4 Å². The first-order valence-corrected chi connectivity index (χ1v) is 12.7. The summed E-state index contributed by atoms with van der Waals surface area (Å²) in [6.07, 6.45) is 1.94.